The third-order valence-corrected chi connectivity index (χ3v) is 2.34. The Kier molecular flexibility index (Phi) is 4.23. The molecule has 0 aromatic heterocycles. The topological polar surface area (TPSA) is 77.8 Å². The molecule has 3 N–H and O–H groups in total. The Hall–Kier alpha value is -1.17. The van der Waals surface area contributed by atoms with Gasteiger partial charge in [0.25, 0.3) is 0 Å². The molecular formula is C10H10ClFO4. The molecule has 1 aromatic carbocycles. The summed E-state index contributed by atoms with van der Waals surface area (Å²) in [4.78, 5) is 10.3. The van der Waals surface area contributed by atoms with Crippen LogP contribution in [0.3, 0.4) is 0 Å². The smallest absolute Gasteiger partial charge is 0.306 e. The maximum Gasteiger partial charge on any atom is 0.306 e. The maximum absolute atomic E-state index is 13.4. The van der Waals surface area contributed by atoms with Gasteiger partial charge in [0.2, 0.25) is 0 Å². The van der Waals surface area contributed by atoms with Crippen LogP contribution in [0, 0.1) is 5.82 Å². The SMILES string of the molecule is O=C(O)CC(O)C(O)c1cccc(Cl)c1F. The van der Waals surface area contributed by atoms with Gasteiger partial charge in [0.1, 0.15) is 11.9 Å². The molecule has 0 saturated carbocycles. The Morgan fingerprint density at radius 1 is 1.44 bits per heavy atom. The second kappa shape index (κ2) is 5.25. The highest BCUT2D eigenvalue weighted by Gasteiger charge is 2.24. The molecule has 6 heteroatoms. The highest BCUT2D eigenvalue weighted by Crippen LogP contribution is 2.26. The highest BCUT2D eigenvalue weighted by molar-refractivity contribution is 6.30. The molecule has 0 spiro atoms. The van der Waals surface area contributed by atoms with Gasteiger partial charge in [0.15, 0.2) is 0 Å². The summed E-state index contributed by atoms with van der Waals surface area (Å²) < 4.78 is 13.4. The van der Waals surface area contributed by atoms with Gasteiger partial charge >= 0.3 is 5.97 Å². The van der Waals surface area contributed by atoms with Crippen LogP contribution in [-0.2, 0) is 4.79 Å². The zero-order chi connectivity index (χ0) is 12.3. The number of aliphatic carboxylic acids is 1. The molecule has 0 heterocycles. The van der Waals surface area contributed by atoms with Crippen molar-refractivity contribution in [2.75, 3.05) is 0 Å². The van der Waals surface area contributed by atoms with Gasteiger partial charge in [-0.2, -0.15) is 0 Å². The van der Waals surface area contributed by atoms with Gasteiger partial charge in [0.05, 0.1) is 17.5 Å². The van der Waals surface area contributed by atoms with Crippen molar-refractivity contribution in [1.29, 1.82) is 0 Å². The minimum atomic E-state index is -1.62. The predicted molar refractivity (Wildman–Crippen MR) is 54.6 cm³/mol. The van der Waals surface area contributed by atoms with E-state index in [-0.39, 0.29) is 10.6 Å². The number of rotatable bonds is 4. The number of carboxylic acid groups (broad SMARTS) is 1. The number of aliphatic hydroxyl groups is 2. The third kappa shape index (κ3) is 2.91. The lowest BCUT2D eigenvalue weighted by Gasteiger charge is -2.17. The average Bonchev–Trinajstić information content (AvgIpc) is 2.20. The number of hydrogen-bond acceptors (Lipinski definition) is 3. The minimum Gasteiger partial charge on any atom is -0.481 e. The van der Waals surface area contributed by atoms with Gasteiger partial charge in [-0.3, -0.25) is 4.79 Å². The van der Waals surface area contributed by atoms with Crippen LogP contribution in [0.15, 0.2) is 18.2 Å². The van der Waals surface area contributed by atoms with Crippen molar-refractivity contribution < 1.29 is 24.5 Å². The molecule has 4 nitrogen and oxygen atoms in total. The lowest BCUT2D eigenvalue weighted by molar-refractivity contribution is -0.141. The summed E-state index contributed by atoms with van der Waals surface area (Å²) in [7, 11) is 0. The first kappa shape index (κ1) is 12.9. The standard InChI is InChI=1S/C10H10ClFO4/c11-6-3-1-2-5(9(6)12)10(16)7(13)4-8(14)15/h1-3,7,10,13,16H,4H2,(H,14,15). The summed E-state index contributed by atoms with van der Waals surface area (Å²) in [5.41, 5.74) is -0.221. The molecule has 2 atom stereocenters. The van der Waals surface area contributed by atoms with Crippen molar-refractivity contribution in [2.24, 2.45) is 0 Å². The van der Waals surface area contributed by atoms with E-state index in [1.165, 1.54) is 18.2 Å². The molecule has 0 aliphatic carbocycles. The van der Waals surface area contributed by atoms with Crippen LogP contribution in [-0.4, -0.2) is 27.4 Å². The summed E-state index contributed by atoms with van der Waals surface area (Å²) in [5, 5.41) is 27.1. The summed E-state index contributed by atoms with van der Waals surface area (Å²) >= 11 is 5.48. The zero-order valence-corrected chi connectivity index (χ0v) is 8.86. The monoisotopic (exact) mass is 248 g/mol. The van der Waals surface area contributed by atoms with Crippen LogP contribution >= 0.6 is 11.6 Å². The molecule has 16 heavy (non-hydrogen) atoms. The Labute approximate surface area is 95.9 Å². The second-order valence-corrected chi connectivity index (χ2v) is 3.66. The van der Waals surface area contributed by atoms with E-state index in [1.54, 1.807) is 0 Å². The average molecular weight is 249 g/mol. The Bertz CT molecular complexity index is 396. The maximum atomic E-state index is 13.4. The molecule has 2 unspecified atom stereocenters. The minimum absolute atomic E-state index is 0.195. The van der Waals surface area contributed by atoms with Gasteiger partial charge < -0.3 is 15.3 Å². The number of benzene rings is 1. The van der Waals surface area contributed by atoms with Crippen LogP contribution in [0.1, 0.15) is 18.1 Å². The van der Waals surface area contributed by atoms with Crippen molar-refractivity contribution >= 4 is 17.6 Å². The Morgan fingerprint density at radius 3 is 2.62 bits per heavy atom. The van der Waals surface area contributed by atoms with Crippen molar-refractivity contribution in [1.82, 2.24) is 0 Å². The molecule has 0 amide bonds. The van der Waals surface area contributed by atoms with E-state index < -0.39 is 30.4 Å². The normalized spacial score (nSPS) is 14.5. The molecule has 88 valence electrons. The van der Waals surface area contributed by atoms with Crippen molar-refractivity contribution in [3.05, 3.63) is 34.6 Å². The fourth-order valence-corrected chi connectivity index (χ4v) is 1.43. The molecule has 1 rings (SSSR count). The van der Waals surface area contributed by atoms with Crippen molar-refractivity contribution in [3.63, 3.8) is 0 Å². The molecule has 0 fully saturated rings. The fraction of sp³-hybridized carbons (Fsp3) is 0.300. The molecule has 0 aliphatic rings. The fourth-order valence-electron chi connectivity index (χ4n) is 1.25. The van der Waals surface area contributed by atoms with E-state index in [0.717, 1.165) is 0 Å². The molecular weight excluding hydrogens is 239 g/mol. The lowest BCUT2D eigenvalue weighted by atomic mass is 10.0. The molecule has 0 bridgehead atoms. The Morgan fingerprint density at radius 2 is 2.06 bits per heavy atom. The van der Waals surface area contributed by atoms with Crippen molar-refractivity contribution in [2.45, 2.75) is 18.6 Å². The number of carboxylic acids is 1. The number of aliphatic hydroxyl groups excluding tert-OH is 2. The van der Waals surface area contributed by atoms with Crippen LogP contribution in [0.2, 0.25) is 5.02 Å². The summed E-state index contributed by atoms with van der Waals surface area (Å²) in [5.74, 6) is -2.14. The summed E-state index contributed by atoms with van der Waals surface area (Å²) in [6, 6.07) is 3.92. The predicted octanol–water partition coefficient (Wildman–Crippen LogP) is 1.35. The highest BCUT2D eigenvalue weighted by atomic mass is 35.5. The quantitative estimate of drug-likeness (QED) is 0.752. The van der Waals surface area contributed by atoms with E-state index in [2.05, 4.69) is 0 Å². The first-order chi connectivity index (χ1) is 7.43. The lowest BCUT2D eigenvalue weighted by Crippen LogP contribution is -2.22. The third-order valence-electron chi connectivity index (χ3n) is 2.05. The largest absolute Gasteiger partial charge is 0.481 e. The van der Waals surface area contributed by atoms with Gasteiger partial charge in [0, 0.05) is 5.56 Å². The molecule has 0 saturated heterocycles. The summed E-state index contributed by atoms with van der Waals surface area (Å²) in [6.07, 6.45) is -3.87. The second-order valence-electron chi connectivity index (χ2n) is 3.25. The molecule has 0 radical (unpaired) electrons. The van der Waals surface area contributed by atoms with Crippen LogP contribution in [0.5, 0.6) is 0 Å². The van der Waals surface area contributed by atoms with Gasteiger partial charge in [-0.25, -0.2) is 4.39 Å². The first-order valence-electron chi connectivity index (χ1n) is 4.45. The number of hydrogen-bond donors (Lipinski definition) is 3. The number of carbonyl (C=O) groups is 1. The van der Waals surface area contributed by atoms with E-state index in [4.69, 9.17) is 16.7 Å². The number of halogens is 2. The van der Waals surface area contributed by atoms with E-state index in [0.29, 0.717) is 0 Å². The first-order valence-corrected chi connectivity index (χ1v) is 4.83. The van der Waals surface area contributed by atoms with Crippen LogP contribution < -0.4 is 0 Å². The molecule has 0 aliphatic heterocycles. The van der Waals surface area contributed by atoms with Crippen LogP contribution in [0.25, 0.3) is 0 Å². The summed E-state index contributed by atoms with van der Waals surface area (Å²) in [6.45, 7) is 0. The Balaban J connectivity index is 2.91. The van der Waals surface area contributed by atoms with Gasteiger partial charge in [-0.15, -0.1) is 0 Å². The zero-order valence-electron chi connectivity index (χ0n) is 8.10. The van der Waals surface area contributed by atoms with E-state index in [1.807, 2.05) is 0 Å². The van der Waals surface area contributed by atoms with Gasteiger partial charge in [-0.05, 0) is 6.07 Å². The van der Waals surface area contributed by atoms with E-state index in [9.17, 15) is 19.4 Å². The van der Waals surface area contributed by atoms with Crippen LogP contribution in [0.4, 0.5) is 4.39 Å². The van der Waals surface area contributed by atoms with Crippen molar-refractivity contribution in [3.8, 4) is 0 Å². The van der Waals surface area contributed by atoms with Gasteiger partial charge in [-0.1, -0.05) is 23.7 Å². The molecule has 1 aromatic rings. The van der Waals surface area contributed by atoms with E-state index >= 15 is 0 Å².